The summed E-state index contributed by atoms with van der Waals surface area (Å²) in [5.74, 6) is 1.77. The summed E-state index contributed by atoms with van der Waals surface area (Å²) in [6.45, 7) is 2.19. The molecule has 3 aromatic rings. The van der Waals surface area contributed by atoms with Crippen LogP contribution >= 0.6 is 11.6 Å². The number of hydrogen-bond acceptors (Lipinski definition) is 6. The predicted molar refractivity (Wildman–Crippen MR) is 137 cm³/mol. The quantitative estimate of drug-likeness (QED) is 0.442. The maximum absolute atomic E-state index is 10.2. The maximum Gasteiger partial charge on any atom is 0.137 e. The smallest absolute Gasteiger partial charge is 0.137 e. The topological polar surface area (TPSA) is 88.4 Å². The van der Waals surface area contributed by atoms with E-state index in [0.29, 0.717) is 18.1 Å². The van der Waals surface area contributed by atoms with E-state index in [9.17, 15) is 15.3 Å². The number of halogens is 1. The molecule has 6 nitrogen and oxygen atoms in total. The van der Waals surface area contributed by atoms with Crippen LogP contribution in [0.25, 0.3) is 0 Å². The van der Waals surface area contributed by atoms with Gasteiger partial charge in [0, 0.05) is 17.9 Å². The van der Waals surface area contributed by atoms with E-state index in [2.05, 4.69) is 25.1 Å². The van der Waals surface area contributed by atoms with Crippen molar-refractivity contribution in [2.45, 2.75) is 56.7 Å². The van der Waals surface area contributed by atoms with Crippen molar-refractivity contribution in [3.05, 3.63) is 93.5 Å². The molecule has 36 heavy (non-hydrogen) atoms. The van der Waals surface area contributed by atoms with Gasteiger partial charge in [-0.25, -0.2) is 0 Å². The van der Waals surface area contributed by atoms with E-state index >= 15 is 0 Å². The molecule has 5 rings (SSSR count). The molecule has 2 aliphatic heterocycles. The Morgan fingerprint density at radius 2 is 1.86 bits per heavy atom. The second kappa shape index (κ2) is 10.8. The summed E-state index contributed by atoms with van der Waals surface area (Å²) in [5, 5.41) is 30.3. The first-order valence-electron chi connectivity index (χ1n) is 12.3. The molecule has 0 aromatic heterocycles. The highest BCUT2D eigenvalue weighted by Gasteiger charge is 2.37. The minimum Gasteiger partial charge on any atom is -0.490 e. The summed E-state index contributed by atoms with van der Waals surface area (Å²) in [5.41, 5.74) is 5.25. The van der Waals surface area contributed by atoms with Crippen LogP contribution in [0.4, 0.5) is 0 Å². The van der Waals surface area contributed by atoms with Gasteiger partial charge in [-0.05, 0) is 59.4 Å². The molecule has 0 spiro atoms. The van der Waals surface area contributed by atoms with E-state index < -0.39 is 24.4 Å². The fraction of sp³-hybridized carbons (Fsp3) is 0.379. The van der Waals surface area contributed by atoms with Gasteiger partial charge in [-0.15, -0.1) is 0 Å². The van der Waals surface area contributed by atoms with Crippen molar-refractivity contribution in [3.63, 3.8) is 0 Å². The van der Waals surface area contributed by atoms with Crippen LogP contribution in [-0.2, 0) is 17.6 Å². The predicted octanol–water partition coefficient (Wildman–Crippen LogP) is 4.17. The molecule has 1 saturated heterocycles. The summed E-state index contributed by atoms with van der Waals surface area (Å²) in [6, 6.07) is 19.8. The van der Waals surface area contributed by atoms with Gasteiger partial charge in [0.25, 0.3) is 0 Å². The van der Waals surface area contributed by atoms with E-state index in [4.69, 9.17) is 25.8 Å². The average molecular weight is 511 g/mol. The largest absolute Gasteiger partial charge is 0.490 e. The van der Waals surface area contributed by atoms with E-state index in [0.717, 1.165) is 40.2 Å². The van der Waals surface area contributed by atoms with Crippen LogP contribution in [0.5, 0.6) is 11.5 Å². The first-order valence-corrected chi connectivity index (χ1v) is 12.7. The summed E-state index contributed by atoms with van der Waals surface area (Å²) >= 11 is 6.49. The zero-order valence-corrected chi connectivity index (χ0v) is 20.9. The normalized spacial score (nSPS) is 25.3. The maximum atomic E-state index is 10.2. The summed E-state index contributed by atoms with van der Waals surface area (Å²) in [7, 11) is 0. The highest BCUT2D eigenvalue weighted by atomic mass is 35.5. The fourth-order valence-electron chi connectivity index (χ4n) is 4.95. The summed E-state index contributed by atoms with van der Waals surface area (Å²) in [4.78, 5) is 0. The molecule has 3 aromatic carbocycles. The number of aryl methyl sites for hydroxylation is 1. The summed E-state index contributed by atoms with van der Waals surface area (Å²) < 4.78 is 17.9. The Kier molecular flexibility index (Phi) is 7.51. The molecule has 7 heteroatoms. The molecule has 190 valence electrons. The van der Waals surface area contributed by atoms with Crippen LogP contribution in [0.3, 0.4) is 0 Å². The van der Waals surface area contributed by atoms with Gasteiger partial charge in [0.05, 0.1) is 18.8 Å². The Balaban J connectivity index is 1.20. The number of aliphatic hydroxyl groups excluding tert-OH is 3. The molecule has 0 bridgehead atoms. The molecule has 0 aliphatic carbocycles. The highest BCUT2D eigenvalue weighted by Crippen LogP contribution is 2.35. The van der Waals surface area contributed by atoms with Crippen LogP contribution in [0.15, 0.2) is 60.7 Å². The highest BCUT2D eigenvalue weighted by molar-refractivity contribution is 6.31. The lowest BCUT2D eigenvalue weighted by Crippen LogP contribution is -2.47. The first-order chi connectivity index (χ1) is 17.4. The van der Waals surface area contributed by atoms with Gasteiger partial charge in [-0.2, -0.15) is 0 Å². The first kappa shape index (κ1) is 25.1. The molecule has 0 saturated carbocycles. The number of para-hydroxylation sites is 1. The molecule has 0 radical (unpaired) electrons. The van der Waals surface area contributed by atoms with Crippen LogP contribution in [-0.4, -0.2) is 52.9 Å². The third-order valence-electron chi connectivity index (χ3n) is 6.97. The fourth-order valence-corrected chi connectivity index (χ4v) is 5.14. The molecule has 1 fully saturated rings. The van der Waals surface area contributed by atoms with Crippen molar-refractivity contribution in [2.24, 2.45) is 0 Å². The van der Waals surface area contributed by atoms with Crippen molar-refractivity contribution in [1.82, 2.24) is 0 Å². The van der Waals surface area contributed by atoms with Gasteiger partial charge < -0.3 is 29.5 Å². The standard InChI is InChI=1S/C29H31ClO6/c1-17-3-2-4-20-13-23(35-29(17)20)16-34-22-8-5-18(6-9-22)11-21-12-19(7-10-24(21)30)26-14-25(32)28(33)27(15-31)36-26/h2-10,12,23,25-28,31-33H,11,13-16H2,1H3/t23?,25-,26-,27-,28+/m1/s1. The Bertz CT molecular complexity index is 1200. The number of hydrogen-bond donors (Lipinski definition) is 3. The molecular weight excluding hydrogens is 480 g/mol. The van der Waals surface area contributed by atoms with E-state index in [1.165, 1.54) is 5.56 Å². The van der Waals surface area contributed by atoms with E-state index in [1.807, 2.05) is 42.5 Å². The monoisotopic (exact) mass is 510 g/mol. The van der Waals surface area contributed by atoms with E-state index in [1.54, 1.807) is 0 Å². The minimum absolute atomic E-state index is 0.00870. The minimum atomic E-state index is -1.10. The molecule has 1 unspecified atom stereocenters. The van der Waals surface area contributed by atoms with Gasteiger partial charge in [0.1, 0.15) is 36.4 Å². The molecule has 0 amide bonds. The summed E-state index contributed by atoms with van der Waals surface area (Å²) in [6.07, 6.45) is -1.58. The Morgan fingerprint density at radius 3 is 2.61 bits per heavy atom. The molecular formula is C29H31ClO6. The van der Waals surface area contributed by atoms with Crippen LogP contribution in [0.2, 0.25) is 5.02 Å². The van der Waals surface area contributed by atoms with Crippen LogP contribution < -0.4 is 9.47 Å². The van der Waals surface area contributed by atoms with Gasteiger partial charge in [-0.1, -0.05) is 54.1 Å². The van der Waals surface area contributed by atoms with Gasteiger partial charge >= 0.3 is 0 Å². The zero-order valence-electron chi connectivity index (χ0n) is 20.1. The Labute approximate surface area is 216 Å². The number of benzene rings is 3. The molecule has 3 N–H and O–H groups in total. The SMILES string of the molecule is Cc1cccc2c1OC(COc1ccc(Cc3cc([C@H]4C[C@@H](O)[C@H](O)[C@@H](CO)O4)ccc3Cl)cc1)C2. The molecule has 2 heterocycles. The van der Waals surface area contributed by atoms with Crippen molar-refractivity contribution >= 4 is 11.6 Å². The lowest BCUT2D eigenvalue weighted by Gasteiger charge is -2.36. The number of fused-ring (bicyclic) bond motifs is 1. The van der Waals surface area contributed by atoms with Crippen molar-refractivity contribution in [1.29, 1.82) is 0 Å². The third-order valence-corrected chi connectivity index (χ3v) is 7.34. The Hall–Kier alpha value is -2.61. The van der Waals surface area contributed by atoms with Crippen molar-refractivity contribution in [3.8, 4) is 11.5 Å². The third kappa shape index (κ3) is 5.38. The van der Waals surface area contributed by atoms with Gasteiger partial charge in [-0.3, -0.25) is 0 Å². The van der Waals surface area contributed by atoms with Crippen LogP contribution in [0, 0.1) is 6.92 Å². The number of ether oxygens (including phenoxy) is 3. The van der Waals surface area contributed by atoms with Gasteiger partial charge in [0.15, 0.2) is 0 Å². The lowest BCUT2D eigenvalue weighted by atomic mass is 9.92. The van der Waals surface area contributed by atoms with Gasteiger partial charge in [0.2, 0.25) is 0 Å². The van der Waals surface area contributed by atoms with Crippen molar-refractivity contribution in [2.75, 3.05) is 13.2 Å². The molecule has 2 aliphatic rings. The second-order valence-electron chi connectivity index (χ2n) is 9.63. The van der Waals surface area contributed by atoms with Crippen LogP contribution in [0.1, 0.15) is 40.3 Å². The zero-order chi connectivity index (χ0) is 25.2. The lowest BCUT2D eigenvalue weighted by molar-refractivity contribution is -0.181. The average Bonchev–Trinajstić information content (AvgIpc) is 3.31. The molecule has 5 atom stereocenters. The Morgan fingerprint density at radius 1 is 1.06 bits per heavy atom. The van der Waals surface area contributed by atoms with Crippen molar-refractivity contribution < 1.29 is 29.5 Å². The number of rotatable bonds is 7. The second-order valence-corrected chi connectivity index (χ2v) is 10.0. The number of aliphatic hydroxyl groups is 3. The van der Waals surface area contributed by atoms with E-state index in [-0.39, 0.29) is 19.1 Å².